The number of hydrogen-bond donors (Lipinski definition) is 0. The Morgan fingerprint density at radius 2 is 2.07 bits per heavy atom. The van der Waals surface area contributed by atoms with Crippen LogP contribution in [0.2, 0.25) is 0 Å². The van der Waals surface area contributed by atoms with E-state index in [9.17, 15) is 4.79 Å². The van der Waals surface area contributed by atoms with Crippen molar-refractivity contribution in [3.63, 3.8) is 0 Å². The Morgan fingerprint density at radius 3 is 2.60 bits per heavy atom. The zero-order chi connectivity index (χ0) is 10.7. The maximum absolute atomic E-state index is 10.8. The van der Waals surface area contributed by atoms with Crippen molar-refractivity contribution >= 4 is 0 Å². The fraction of sp³-hybridized carbons (Fsp3) is 0.750. The van der Waals surface area contributed by atoms with Gasteiger partial charge in [-0.25, -0.2) is 4.79 Å². The minimum Gasteiger partial charge on any atom is -0.399 e. The third kappa shape index (κ3) is 2.52. The van der Waals surface area contributed by atoms with Crippen LogP contribution in [-0.2, 0) is 0 Å². The van der Waals surface area contributed by atoms with Gasteiger partial charge in [0.1, 0.15) is 12.0 Å². The van der Waals surface area contributed by atoms with Crippen molar-refractivity contribution in [1.82, 2.24) is 0 Å². The molecule has 0 atom stereocenters. The molecule has 84 valence electrons. The van der Waals surface area contributed by atoms with Crippen LogP contribution in [0.5, 0.6) is 0 Å². The quantitative estimate of drug-likeness (QED) is 0.768. The first-order chi connectivity index (χ1) is 7.29. The normalized spacial score (nSPS) is 26.7. The molecule has 0 unspecified atom stereocenters. The molecule has 1 fully saturated rings. The molecule has 1 heterocycles. The van der Waals surface area contributed by atoms with Gasteiger partial charge in [-0.3, -0.25) is 0 Å². The molecule has 1 aliphatic rings. The van der Waals surface area contributed by atoms with Gasteiger partial charge in [-0.1, -0.05) is 19.8 Å². The van der Waals surface area contributed by atoms with E-state index in [0.717, 1.165) is 24.5 Å². The second-order valence-electron chi connectivity index (χ2n) is 4.50. The zero-order valence-electron chi connectivity index (χ0n) is 9.20. The molecule has 0 radical (unpaired) electrons. The highest BCUT2D eigenvalue weighted by atomic mass is 16.6. The van der Waals surface area contributed by atoms with E-state index in [4.69, 9.17) is 4.42 Å². The van der Waals surface area contributed by atoms with Crippen LogP contribution in [0.3, 0.4) is 0 Å². The fourth-order valence-electron chi connectivity index (χ4n) is 2.57. The van der Waals surface area contributed by atoms with Crippen molar-refractivity contribution in [3.8, 4) is 0 Å². The average molecular weight is 210 g/mol. The first-order valence-electron chi connectivity index (χ1n) is 5.88. The van der Waals surface area contributed by atoms with Crippen LogP contribution in [0.15, 0.2) is 19.9 Å². The lowest BCUT2D eigenvalue weighted by Crippen LogP contribution is -2.12. The molecular formula is C12H18O3. The minimum absolute atomic E-state index is 0.407. The van der Waals surface area contributed by atoms with E-state index in [0.29, 0.717) is 5.92 Å². The molecule has 0 aromatic carbocycles. The largest absolute Gasteiger partial charge is 0.518 e. The summed E-state index contributed by atoms with van der Waals surface area (Å²) in [6.45, 7) is 2.24. The zero-order valence-corrected chi connectivity index (χ0v) is 9.20. The summed E-state index contributed by atoms with van der Waals surface area (Å²) >= 11 is 0. The molecule has 15 heavy (non-hydrogen) atoms. The van der Waals surface area contributed by atoms with Crippen molar-refractivity contribution in [2.24, 2.45) is 5.92 Å². The van der Waals surface area contributed by atoms with Gasteiger partial charge in [0.25, 0.3) is 0 Å². The van der Waals surface area contributed by atoms with Gasteiger partial charge in [-0.05, 0) is 31.6 Å². The second-order valence-corrected chi connectivity index (χ2v) is 4.50. The van der Waals surface area contributed by atoms with Gasteiger partial charge in [0.2, 0.25) is 0 Å². The Bertz CT molecular complexity index is 342. The van der Waals surface area contributed by atoms with Crippen molar-refractivity contribution < 1.29 is 8.83 Å². The average Bonchev–Trinajstić information content (AvgIpc) is 2.67. The summed E-state index contributed by atoms with van der Waals surface area (Å²) in [6.07, 6.45) is 8.87. The second kappa shape index (κ2) is 4.69. The lowest BCUT2D eigenvalue weighted by Gasteiger charge is -2.26. The van der Waals surface area contributed by atoms with Crippen LogP contribution in [0.4, 0.5) is 0 Å². The Balaban J connectivity index is 1.91. The van der Waals surface area contributed by atoms with Crippen molar-refractivity contribution in [2.45, 2.75) is 51.4 Å². The van der Waals surface area contributed by atoms with E-state index in [1.54, 1.807) is 0 Å². The molecule has 2 rings (SSSR count). The van der Waals surface area contributed by atoms with Crippen LogP contribution in [0.1, 0.15) is 57.1 Å². The van der Waals surface area contributed by atoms with E-state index in [1.165, 1.54) is 31.9 Å². The summed E-state index contributed by atoms with van der Waals surface area (Å²) in [5, 5.41) is 0. The standard InChI is InChI=1S/C12H18O3/c1-2-3-9-4-6-10(7-5-9)11-8-14-12(13)15-11/h8-10H,2-7H2,1H3. The highest BCUT2D eigenvalue weighted by Gasteiger charge is 2.24. The van der Waals surface area contributed by atoms with Crippen LogP contribution >= 0.6 is 0 Å². The molecule has 1 saturated carbocycles. The molecule has 1 aliphatic carbocycles. The molecule has 0 N–H and O–H groups in total. The number of hydrogen-bond acceptors (Lipinski definition) is 3. The first kappa shape index (κ1) is 10.5. The Morgan fingerprint density at radius 1 is 1.33 bits per heavy atom. The summed E-state index contributed by atoms with van der Waals surface area (Å²) in [5.74, 6) is 1.46. The summed E-state index contributed by atoms with van der Waals surface area (Å²) in [6, 6.07) is 0. The van der Waals surface area contributed by atoms with E-state index >= 15 is 0 Å². The third-order valence-electron chi connectivity index (χ3n) is 3.42. The fourth-order valence-corrected chi connectivity index (χ4v) is 2.57. The summed E-state index contributed by atoms with van der Waals surface area (Å²) in [5.41, 5.74) is 0. The van der Waals surface area contributed by atoms with Gasteiger partial charge in [0.15, 0.2) is 0 Å². The number of rotatable bonds is 3. The molecule has 1 aromatic heterocycles. The van der Waals surface area contributed by atoms with E-state index in [-0.39, 0.29) is 0 Å². The molecule has 0 amide bonds. The van der Waals surface area contributed by atoms with Crippen LogP contribution in [0, 0.1) is 5.92 Å². The van der Waals surface area contributed by atoms with Gasteiger partial charge in [0.05, 0.1) is 0 Å². The Labute approximate surface area is 89.5 Å². The Hall–Kier alpha value is -0.990. The maximum Gasteiger partial charge on any atom is 0.518 e. The monoisotopic (exact) mass is 210 g/mol. The van der Waals surface area contributed by atoms with E-state index < -0.39 is 5.82 Å². The van der Waals surface area contributed by atoms with Gasteiger partial charge in [0, 0.05) is 5.92 Å². The van der Waals surface area contributed by atoms with Gasteiger partial charge < -0.3 is 8.83 Å². The van der Waals surface area contributed by atoms with Crippen LogP contribution in [0.25, 0.3) is 0 Å². The molecule has 0 spiro atoms. The predicted octanol–water partition coefficient (Wildman–Crippen LogP) is 3.31. The molecule has 0 bridgehead atoms. The topological polar surface area (TPSA) is 43.4 Å². The van der Waals surface area contributed by atoms with Crippen molar-refractivity contribution in [2.75, 3.05) is 0 Å². The highest BCUT2D eigenvalue weighted by Crippen LogP contribution is 2.36. The SMILES string of the molecule is CCCC1CCC(c2coc(=O)o2)CC1. The molecule has 3 nitrogen and oxygen atoms in total. The summed E-state index contributed by atoms with van der Waals surface area (Å²) in [4.78, 5) is 10.8. The maximum atomic E-state index is 10.8. The van der Waals surface area contributed by atoms with E-state index in [2.05, 4.69) is 11.3 Å². The smallest absolute Gasteiger partial charge is 0.399 e. The lowest BCUT2D eigenvalue weighted by atomic mass is 9.79. The summed E-state index contributed by atoms with van der Waals surface area (Å²) < 4.78 is 9.67. The lowest BCUT2D eigenvalue weighted by molar-refractivity contribution is 0.278. The molecule has 3 heteroatoms. The Kier molecular flexibility index (Phi) is 3.29. The third-order valence-corrected chi connectivity index (χ3v) is 3.42. The van der Waals surface area contributed by atoms with E-state index in [1.807, 2.05) is 0 Å². The van der Waals surface area contributed by atoms with Crippen molar-refractivity contribution in [3.05, 3.63) is 22.6 Å². The van der Waals surface area contributed by atoms with Gasteiger partial charge >= 0.3 is 5.82 Å². The molecule has 0 aliphatic heterocycles. The highest BCUT2D eigenvalue weighted by molar-refractivity contribution is 4.98. The van der Waals surface area contributed by atoms with Gasteiger partial charge in [-0.2, -0.15) is 0 Å². The predicted molar refractivity (Wildman–Crippen MR) is 56.9 cm³/mol. The van der Waals surface area contributed by atoms with Gasteiger partial charge in [-0.15, -0.1) is 0 Å². The first-order valence-corrected chi connectivity index (χ1v) is 5.88. The van der Waals surface area contributed by atoms with Crippen LogP contribution in [-0.4, -0.2) is 0 Å². The summed E-state index contributed by atoms with van der Waals surface area (Å²) in [7, 11) is 0. The van der Waals surface area contributed by atoms with Crippen molar-refractivity contribution in [1.29, 1.82) is 0 Å². The molecular weight excluding hydrogens is 192 g/mol. The minimum atomic E-state index is -0.569. The van der Waals surface area contributed by atoms with Crippen LogP contribution < -0.4 is 5.82 Å². The molecule has 0 saturated heterocycles. The molecule has 1 aromatic rings.